The van der Waals surface area contributed by atoms with Gasteiger partial charge in [0.15, 0.2) is 0 Å². The summed E-state index contributed by atoms with van der Waals surface area (Å²) in [5.41, 5.74) is 6.92. The standard InChI is InChI=1S/C14H17N3O3S/c1-3-20-12-5-4-11(15)9-13(12)21(18,19)17-14-8-10(2)6-7-16-14/h4-9H,3,15H2,1-2H3,(H,16,17). The molecule has 0 saturated heterocycles. The van der Waals surface area contributed by atoms with Gasteiger partial charge in [0.2, 0.25) is 0 Å². The van der Waals surface area contributed by atoms with Crippen LogP contribution < -0.4 is 15.2 Å². The Morgan fingerprint density at radius 3 is 2.71 bits per heavy atom. The van der Waals surface area contributed by atoms with Gasteiger partial charge in [0.1, 0.15) is 16.5 Å². The minimum Gasteiger partial charge on any atom is -0.492 e. The zero-order valence-electron chi connectivity index (χ0n) is 11.8. The summed E-state index contributed by atoms with van der Waals surface area (Å²) < 4.78 is 32.7. The number of pyridine rings is 1. The molecule has 21 heavy (non-hydrogen) atoms. The Bertz CT molecular complexity index is 745. The van der Waals surface area contributed by atoms with Crippen molar-refractivity contribution in [1.29, 1.82) is 0 Å². The van der Waals surface area contributed by atoms with Gasteiger partial charge in [-0.05, 0) is 49.7 Å². The average Bonchev–Trinajstić information content (AvgIpc) is 2.40. The Morgan fingerprint density at radius 2 is 2.05 bits per heavy atom. The maximum atomic E-state index is 12.5. The number of nitrogens with one attached hydrogen (secondary N) is 1. The lowest BCUT2D eigenvalue weighted by Gasteiger charge is -2.13. The Kier molecular flexibility index (Phi) is 4.32. The molecule has 0 atom stereocenters. The van der Waals surface area contributed by atoms with Gasteiger partial charge in [-0.25, -0.2) is 13.4 Å². The molecule has 1 aromatic carbocycles. The molecule has 2 aromatic rings. The number of hydrogen-bond acceptors (Lipinski definition) is 5. The lowest BCUT2D eigenvalue weighted by atomic mass is 10.3. The number of ether oxygens (including phenoxy) is 1. The van der Waals surface area contributed by atoms with Gasteiger partial charge in [0, 0.05) is 11.9 Å². The number of nitrogens with two attached hydrogens (primary N) is 1. The molecule has 0 spiro atoms. The highest BCUT2D eigenvalue weighted by Crippen LogP contribution is 2.27. The van der Waals surface area contributed by atoms with E-state index in [0.29, 0.717) is 12.3 Å². The number of benzene rings is 1. The summed E-state index contributed by atoms with van der Waals surface area (Å²) in [4.78, 5) is 3.98. The highest BCUT2D eigenvalue weighted by molar-refractivity contribution is 7.92. The highest BCUT2D eigenvalue weighted by atomic mass is 32.2. The van der Waals surface area contributed by atoms with Crippen LogP contribution in [0.3, 0.4) is 0 Å². The van der Waals surface area contributed by atoms with Crippen molar-refractivity contribution in [2.45, 2.75) is 18.7 Å². The monoisotopic (exact) mass is 307 g/mol. The molecule has 0 unspecified atom stereocenters. The second-order valence-electron chi connectivity index (χ2n) is 4.46. The molecule has 0 aliphatic carbocycles. The smallest absolute Gasteiger partial charge is 0.266 e. The van der Waals surface area contributed by atoms with E-state index in [1.165, 1.54) is 18.3 Å². The van der Waals surface area contributed by atoms with Gasteiger partial charge >= 0.3 is 0 Å². The largest absolute Gasteiger partial charge is 0.492 e. The third kappa shape index (κ3) is 3.63. The van der Waals surface area contributed by atoms with Gasteiger partial charge in [-0.15, -0.1) is 0 Å². The number of nitrogens with zero attached hydrogens (tertiary/aromatic N) is 1. The molecule has 7 heteroatoms. The van der Waals surface area contributed by atoms with Crippen molar-refractivity contribution in [3.8, 4) is 5.75 Å². The molecule has 0 fully saturated rings. The van der Waals surface area contributed by atoms with E-state index in [9.17, 15) is 8.42 Å². The minimum absolute atomic E-state index is 0.00680. The van der Waals surface area contributed by atoms with Gasteiger partial charge < -0.3 is 10.5 Å². The van der Waals surface area contributed by atoms with Gasteiger partial charge in [-0.3, -0.25) is 4.72 Å². The predicted octanol–water partition coefficient (Wildman–Crippen LogP) is 2.17. The lowest BCUT2D eigenvalue weighted by Crippen LogP contribution is -2.15. The fourth-order valence-corrected chi connectivity index (χ4v) is 2.97. The number of aryl methyl sites for hydroxylation is 1. The molecular formula is C14H17N3O3S. The summed E-state index contributed by atoms with van der Waals surface area (Å²) in [6.07, 6.45) is 1.54. The third-order valence-electron chi connectivity index (χ3n) is 2.71. The average molecular weight is 307 g/mol. The fourth-order valence-electron chi connectivity index (χ4n) is 1.79. The SMILES string of the molecule is CCOc1ccc(N)cc1S(=O)(=O)Nc1cc(C)ccn1. The first kappa shape index (κ1) is 15.1. The van der Waals surface area contributed by atoms with Crippen molar-refractivity contribution in [1.82, 2.24) is 4.98 Å². The van der Waals surface area contributed by atoms with E-state index in [1.807, 2.05) is 6.92 Å². The highest BCUT2D eigenvalue weighted by Gasteiger charge is 2.20. The Balaban J connectivity index is 2.41. The summed E-state index contributed by atoms with van der Waals surface area (Å²) in [5.74, 6) is 0.506. The molecule has 6 nitrogen and oxygen atoms in total. The van der Waals surface area contributed by atoms with Crippen LogP contribution in [0.15, 0.2) is 41.4 Å². The second-order valence-corrected chi connectivity index (χ2v) is 6.11. The molecular weight excluding hydrogens is 290 g/mol. The molecule has 1 aromatic heterocycles. The summed E-state index contributed by atoms with van der Waals surface area (Å²) >= 11 is 0. The Labute approximate surface area is 124 Å². The van der Waals surface area contributed by atoms with Crippen LogP contribution in [0.4, 0.5) is 11.5 Å². The quantitative estimate of drug-likeness (QED) is 0.826. The van der Waals surface area contributed by atoms with Crippen LogP contribution in [0.2, 0.25) is 0 Å². The number of nitrogen functional groups attached to an aromatic ring is 1. The molecule has 1 heterocycles. The maximum absolute atomic E-state index is 12.5. The van der Waals surface area contributed by atoms with Crippen molar-refractivity contribution >= 4 is 21.5 Å². The first-order chi connectivity index (χ1) is 9.92. The molecule has 0 bridgehead atoms. The van der Waals surface area contributed by atoms with Gasteiger partial charge in [0.05, 0.1) is 6.61 Å². The number of anilines is 2. The number of aromatic nitrogens is 1. The Morgan fingerprint density at radius 1 is 1.29 bits per heavy atom. The molecule has 0 amide bonds. The molecule has 0 saturated carbocycles. The summed E-state index contributed by atoms with van der Waals surface area (Å²) in [7, 11) is -3.82. The normalized spacial score (nSPS) is 11.1. The van der Waals surface area contributed by atoms with Crippen molar-refractivity contribution in [2.75, 3.05) is 17.1 Å². The van der Waals surface area contributed by atoms with E-state index >= 15 is 0 Å². The molecule has 2 rings (SSSR count). The minimum atomic E-state index is -3.82. The van der Waals surface area contributed by atoms with Gasteiger partial charge in [-0.1, -0.05) is 0 Å². The van der Waals surface area contributed by atoms with E-state index in [-0.39, 0.29) is 16.5 Å². The van der Waals surface area contributed by atoms with E-state index in [2.05, 4.69) is 9.71 Å². The molecule has 0 aliphatic heterocycles. The van der Waals surface area contributed by atoms with Crippen LogP contribution in [0.5, 0.6) is 5.75 Å². The van der Waals surface area contributed by atoms with Crippen LogP contribution in [-0.2, 0) is 10.0 Å². The number of sulfonamides is 1. The number of hydrogen-bond donors (Lipinski definition) is 2. The van der Waals surface area contributed by atoms with E-state index in [0.717, 1.165) is 5.56 Å². The zero-order chi connectivity index (χ0) is 15.5. The van der Waals surface area contributed by atoms with Crippen LogP contribution in [-0.4, -0.2) is 20.0 Å². The summed E-state index contributed by atoms with van der Waals surface area (Å²) in [6.45, 7) is 3.99. The first-order valence-electron chi connectivity index (χ1n) is 6.40. The van der Waals surface area contributed by atoms with E-state index in [1.54, 1.807) is 25.1 Å². The molecule has 112 valence electrons. The molecule has 0 aliphatic rings. The molecule has 0 radical (unpaired) electrons. The lowest BCUT2D eigenvalue weighted by molar-refractivity contribution is 0.331. The summed E-state index contributed by atoms with van der Waals surface area (Å²) in [5, 5.41) is 0. The van der Waals surface area contributed by atoms with Crippen molar-refractivity contribution < 1.29 is 13.2 Å². The van der Waals surface area contributed by atoms with Gasteiger partial charge in [0.25, 0.3) is 10.0 Å². The maximum Gasteiger partial charge on any atom is 0.266 e. The first-order valence-corrected chi connectivity index (χ1v) is 7.88. The third-order valence-corrected chi connectivity index (χ3v) is 4.09. The van der Waals surface area contributed by atoms with Crippen LogP contribution in [0.1, 0.15) is 12.5 Å². The van der Waals surface area contributed by atoms with Gasteiger partial charge in [-0.2, -0.15) is 0 Å². The topological polar surface area (TPSA) is 94.3 Å². The fraction of sp³-hybridized carbons (Fsp3) is 0.214. The number of rotatable bonds is 5. The van der Waals surface area contributed by atoms with Crippen LogP contribution in [0.25, 0.3) is 0 Å². The van der Waals surface area contributed by atoms with E-state index in [4.69, 9.17) is 10.5 Å². The Hall–Kier alpha value is -2.28. The van der Waals surface area contributed by atoms with Crippen LogP contribution in [0, 0.1) is 6.92 Å². The van der Waals surface area contributed by atoms with Crippen molar-refractivity contribution in [3.05, 3.63) is 42.1 Å². The second kappa shape index (κ2) is 6.01. The predicted molar refractivity (Wildman–Crippen MR) is 81.8 cm³/mol. The van der Waals surface area contributed by atoms with E-state index < -0.39 is 10.0 Å². The zero-order valence-corrected chi connectivity index (χ0v) is 12.6. The van der Waals surface area contributed by atoms with Crippen molar-refractivity contribution in [2.24, 2.45) is 0 Å². The van der Waals surface area contributed by atoms with Crippen LogP contribution >= 0.6 is 0 Å². The summed E-state index contributed by atoms with van der Waals surface area (Å²) in [6, 6.07) is 7.92. The molecule has 3 N–H and O–H groups in total. The van der Waals surface area contributed by atoms with Crippen molar-refractivity contribution in [3.63, 3.8) is 0 Å².